The number of aromatic nitrogens is 2. The molecule has 2 rings (SSSR count). The lowest BCUT2D eigenvalue weighted by Gasteiger charge is -2.10. The van der Waals surface area contributed by atoms with Crippen LogP contribution >= 0.6 is 34.2 Å². The van der Waals surface area contributed by atoms with E-state index in [0.29, 0.717) is 0 Å². The first-order valence-electron chi connectivity index (χ1n) is 5.26. The van der Waals surface area contributed by atoms with Gasteiger partial charge in [0.25, 0.3) is 10.0 Å². The SMILES string of the molecule is Cc1ncc(Cl)cc1S(=O)(=O)Nc1nccc(I)c1F. The van der Waals surface area contributed by atoms with Gasteiger partial charge in [-0.15, -0.1) is 0 Å². The monoisotopic (exact) mass is 427 g/mol. The highest BCUT2D eigenvalue weighted by Gasteiger charge is 2.21. The lowest BCUT2D eigenvalue weighted by Crippen LogP contribution is -2.17. The minimum atomic E-state index is -4.01. The van der Waals surface area contributed by atoms with E-state index >= 15 is 0 Å². The number of nitrogens with one attached hydrogen (secondary N) is 1. The van der Waals surface area contributed by atoms with Crippen LogP contribution in [0.3, 0.4) is 0 Å². The molecule has 0 aliphatic heterocycles. The summed E-state index contributed by atoms with van der Waals surface area (Å²) >= 11 is 7.48. The Morgan fingerprint density at radius 3 is 2.80 bits per heavy atom. The molecule has 0 aliphatic rings. The summed E-state index contributed by atoms with van der Waals surface area (Å²) in [4.78, 5) is 7.42. The maximum Gasteiger partial charge on any atom is 0.264 e. The third-order valence-corrected chi connectivity index (χ3v) is 4.86. The molecule has 0 radical (unpaired) electrons. The highest BCUT2D eigenvalue weighted by Crippen LogP contribution is 2.23. The van der Waals surface area contributed by atoms with Crippen LogP contribution in [0.25, 0.3) is 0 Å². The van der Waals surface area contributed by atoms with Crippen LogP contribution in [0.5, 0.6) is 0 Å². The molecule has 20 heavy (non-hydrogen) atoms. The Morgan fingerprint density at radius 2 is 2.10 bits per heavy atom. The Labute approximate surface area is 133 Å². The maximum atomic E-state index is 13.8. The molecule has 0 aliphatic carbocycles. The Hall–Kier alpha value is -1.000. The van der Waals surface area contributed by atoms with Gasteiger partial charge in [-0.3, -0.25) is 9.71 Å². The minimum Gasteiger partial charge on any atom is -0.261 e. The predicted molar refractivity (Wildman–Crippen MR) is 81.7 cm³/mol. The summed E-state index contributed by atoms with van der Waals surface area (Å²) in [6, 6.07) is 2.68. The molecule has 0 fully saturated rings. The van der Waals surface area contributed by atoms with Gasteiger partial charge < -0.3 is 0 Å². The standard InChI is InChI=1S/C11H8ClFIN3O2S/c1-6-9(4-7(12)5-16-6)20(18,19)17-11-10(13)8(14)2-3-15-11/h2-5H,1H3,(H,15,17). The number of halogens is 3. The van der Waals surface area contributed by atoms with Crippen LogP contribution in [0.15, 0.2) is 29.4 Å². The second-order valence-corrected chi connectivity index (χ2v) is 7.05. The van der Waals surface area contributed by atoms with Crippen molar-refractivity contribution >= 4 is 50.0 Å². The second-order valence-electron chi connectivity index (χ2n) is 3.80. The highest BCUT2D eigenvalue weighted by molar-refractivity contribution is 14.1. The largest absolute Gasteiger partial charge is 0.264 e. The molecule has 5 nitrogen and oxygen atoms in total. The molecule has 0 saturated carbocycles. The molecule has 9 heteroatoms. The highest BCUT2D eigenvalue weighted by atomic mass is 127. The maximum absolute atomic E-state index is 13.8. The molecule has 0 spiro atoms. The Morgan fingerprint density at radius 1 is 1.40 bits per heavy atom. The van der Waals surface area contributed by atoms with Crippen molar-refractivity contribution < 1.29 is 12.8 Å². The van der Waals surface area contributed by atoms with E-state index in [4.69, 9.17) is 11.6 Å². The average Bonchev–Trinajstić information content (AvgIpc) is 2.37. The summed E-state index contributed by atoms with van der Waals surface area (Å²) in [5.74, 6) is -1.10. The Bertz CT molecular complexity index is 770. The van der Waals surface area contributed by atoms with Gasteiger partial charge in [0.1, 0.15) is 4.90 Å². The van der Waals surface area contributed by atoms with E-state index in [1.807, 2.05) is 0 Å². The Kier molecular flexibility index (Phi) is 4.45. The summed E-state index contributed by atoms with van der Waals surface area (Å²) in [6.07, 6.45) is 2.64. The number of anilines is 1. The van der Waals surface area contributed by atoms with Crippen LogP contribution in [-0.4, -0.2) is 18.4 Å². The van der Waals surface area contributed by atoms with Gasteiger partial charge >= 0.3 is 0 Å². The van der Waals surface area contributed by atoms with Crippen LogP contribution in [0.2, 0.25) is 5.02 Å². The summed E-state index contributed by atoms with van der Waals surface area (Å²) in [5, 5.41) is 0.173. The predicted octanol–water partition coefficient (Wildman–Crippen LogP) is 2.98. The van der Waals surface area contributed by atoms with Crippen molar-refractivity contribution in [1.29, 1.82) is 0 Å². The molecule has 2 aromatic rings. The van der Waals surface area contributed by atoms with Crippen LogP contribution < -0.4 is 4.72 Å². The number of nitrogens with zero attached hydrogens (tertiary/aromatic N) is 2. The number of sulfonamides is 1. The number of rotatable bonds is 3. The molecule has 0 saturated heterocycles. The van der Waals surface area contributed by atoms with E-state index in [1.165, 1.54) is 31.5 Å². The molecule has 0 bridgehead atoms. The summed E-state index contributed by atoms with van der Waals surface area (Å²) in [6.45, 7) is 1.52. The molecule has 2 heterocycles. The van der Waals surface area contributed by atoms with E-state index in [9.17, 15) is 12.8 Å². The van der Waals surface area contributed by atoms with Gasteiger partial charge in [-0.1, -0.05) is 11.6 Å². The number of pyridine rings is 2. The van der Waals surface area contributed by atoms with Crippen molar-refractivity contribution in [2.75, 3.05) is 4.72 Å². The third-order valence-electron chi connectivity index (χ3n) is 2.37. The van der Waals surface area contributed by atoms with Crippen LogP contribution in [-0.2, 0) is 10.0 Å². The van der Waals surface area contributed by atoms with Gasteiger partial charge in [-0.25, -0.2) is 17.8 Å². The zero-order valence-corrected chi connectivity index (χ0v) is 13.8. The van der Waals surface area contributed by atoms with Crippen molar-refractivity contribution in [2.45, 2.75) is 11.8 Å². The van der Waals surface area contributed by atoms with Gasteiger partial charge in [0, 0.05) is 12.4 Å². The summed E-state index contributed by atoms with van der Waals surface area (Å²) < 4.78 is 40.6. The molecule has 1 N–H and O–H groups in total. The van der Waals surface area contributed by atoms with E-state index in [0.717, 1.165) is 0 Å². The normalized spacial score (nSPS) is 11.4. The fourth-order valence-corrected chi connectivity index (χ4v) is 3.30. The smallest absolute Gasteiger partial charge is 0.261 e. The van der Waals surface area contributed by atoms with Gasteiger partial charge in [-0.05, 0) is 41.6 Å². The first-order valence-corrected chi connectivity index (χ1v) is 8.20. The van der Waals surface area contributed by atoms with Crippen LogP contribution in [0.4, 0.5) is 10.2 Å². The van der Waals surface area contributed by atoms with E-state index in [2.05, 4.69) is 14.7 Å². The molecule has 0 unspecified atom stereocenters. The third kappa shape index (κ3) is 3.18. The van der Waals surface area contributed by atoms with E-state index in [1.54, 1.807) is 22.6 Å². The van der Waals surface area contributed by atoms with Gasteiger partial charge in [0.2, 0.25) is 0 Å². The quantitative estimate of drug-likeness (QED) is 0.765. The molecule has 2 aromatic heterocycles. The van der Waals surface area contributed by atoms with Crippen molar-refractivity contribution in [2.24, 2.45) is 0 Å². The first kappa shape index (κ1) is 15.4. The number of hydrogen-bond donors (Lipinski definition) is 1. The molecular formula is C11H8ClFIN3O2S. The number of aryl methyl sites for hydroxylation is 1. The van der Waals surface area contributed by atoms with Gasteiger partial charge in [-0.2, -0.15) is 0 Å². The van der Waals surface area contributed by atoms with Crippen LogP contribution in [0, 0.1) is 16.3 Å². The van der Waals surface area contributed by atoms with Crippen molar-refractivity contribution in [3.05, 3.63) is 44.6 Å². The average molecular weight is 428 g/mol. The molecule has 106 valence electrons. The molecule has 0 aromatic carbocycles. The molecule has 0 atom stereocenters. The Balaban J connectivity index is 2.46. The zero-order chi connectivity index (χ0) is 14.9. The van der Waals surface area contributed by atoms with E-state index in [-0.39, 0.29) is 25.0 Å². The minimum absolute atomic E-state index is 0.120. The summed E-state index contributed by atoms with van der Waals surface area (Å²) in [5.41, 5.74) is 0.257. The van der Waals surface area contributed by atoms with Crippen molar-refractivity contribution in [3.63, 3.8) is 0 Å². The van der Waals surface area contributed by atoms with Crippen LogP contribution in [0.1, 0.15) is 5.69 Å². The lowest BCUT2D eigenvalue weighted by atomic mass is 10.4. The van der Waals surface area contributed by atoms with Crippen molar-refractivity contribution in [1.82, 2.24) is 9.97 Å². The molecular weight excluding hydrogens is 420 g/mol. The fourth-order valence-electron chi connectivity index (χ4n) is 1.43. The first-order chi connectivity index (χ1) is 9.31. The van der Waals surface area contributed by atoms with Crippen molar-refractivity contribution in [3.8, 4) is 0 Å². The molecule has 0 amide bonds. The lowest BCUT2D eigenvalue weighted by molar-refractivity contribution is 0.595. The van der Waals surface area contributed by atoms with Gasteiger partial charge in [0.15, 0.2) is 11.6 Å². The summed E-state index contributed by atoms with van der Waals surface area (Å²) in [7, 11) is -4.01. The fraction of sp³-hybridized carbons (Fsp3) is 0.0909. The second kappa shape index (κ2) is 5.78. The topological polar surface area (TPSA) is 72.0 Å². The zero-order valence-electron chi connectivity index (χ0n) is 10.1. The van der Waals surface area contributed by atoms with Gasteiger partial charge in [0.05, 0.1) is 14.3 Å². The van der Waals surface area contributed by atoms with E-state index < -0.39 is 15.8 Å². The number of hydrogen-bond acceptors (Lipinski definition) is 4.